The standard InChI is InChI=1S/C34H28ClN3O7/c1-21-8-6-7-11-28(21)36-30(39)20-45-31-27(35)17-23(18-29(31)43-2)16-26-32(40)37-34(42)38(33(26)41)24-12-14-25(15-13-24)44-19-22-9-4-3-5-10-22/h3-18H,19-20H2,1-2H3,(H,36,39)(H,37,40,42)/b26-16-. The molecule has 1 aliphatic rings. The largest absolute Gasteiger partial charge is 0.493 e. The molecule has 4 aromatic carbocycles. The number of hydrogen-bond acceptors (Lipinski definition) is 7. The summed E-state index contributed by atoms with van der Waals surface area (Å²) in [7, 11) is 1.38. The number of nitrogens with zero attached hydrogens (tertiary/aromatic N) is 1. The molecule has 11 heteroatoms. The molecular weight excluding hydrogens is 598 g/mol. The van der Waals surface area contributed by atoms with E-state index >= 15 is 0 Å². The number of carbonyl (C=O) groups excluding carboxylic acids is 4. The van der Waals surface area contributed by atoms with Crippen molar-refractivity contribution in [3.8, 4) is 17.2 Å². The number of urea groups is 1. The third kappa shape index (κ3) is 7.31. The molecule has 0 aliphatic carbocycles. The van der Waals surface area contributed by atoms with Crippen LogP contribution in [0.4, 0.5) is 16.2 Å². The molecule has 1 heterocycles. The number of methoxy groups -OCH3 is 1. The second-order valence-electron chi connectivity index (χ2n) is 9.91. The van der Waals surface area contributed by atoms with Crippen LogP contribution in [0.15, 0.2) is 96.6 Å². The highest BCUT2D eigenvalue weighted by molar-refractivity contribution is 6.39. The maximum atomic E-state index is 13.4. The summed E-state index contributed by atoms with van der Waals surface area (Å²) >= 11 is 6.47. The molecule has 2 N–H and O–H groups in total. The Morgan fingerprint density at radius 1 is 0.933 bits per heavy atom. The Balaban J connectivity index is 1.31. The summed E-state index contributed by atoms with van der Waals surface area (Å²) in [6.07, 6.45) is 1.29. The van der Waals surface area contributed by atoms with Crippen LogP contribution in [0, 0.1) is 6.92 Å². The molecule has 1 fully saturated rings. The third-order valence-electron chi connectivity index (χ3n) is 6.77. The number of rotatable bonds is 10. The average molecular weight is 626 g/mol. The van der Waals surface area contributed by atoms with Gasteiger partial charge in [-0.05, 0) is 72.2 Å². The predicted molar refractivity (Wildman–Crippen MR) is 170 cm³/mol. The minimum Gasteiger partial charge on any atom is -0.493 e. The first kappa shape index (κ1) is 30.8. The van der Waals surface area contributed by atoms with Crippen molar-refractivity contribution in [1.29, 1.82) is 0 Å². The van der Waals surface area contributed by atoms with Crippen molar-refractivity contribution < 1.29 is 33.4 Å². The number of para-hydroxylation sites is 1. The normalized spacial score (nSPS) is 13.8. The summed E-state index contributed by atoms with van der Waals surface area (Å²) in [6, 6.07) is 25.3. The molecule has 0 saturated carbocycles. The van der Waals surface area contributed by atoms with Gasteiger partial charge < -0.3 is 19.5 Å². The van der Waals surface area contributed by atoms with Crippen LogP contribution in [0.5, 0.6) is 17.2 Å². The van der Waals surface area contributed by atoms with E-state index in [1.54, 1.807) is 30.3 Å². The number of nitrogens with one attached hydrogen (secondary N) is 2. The van der Waals surface area contributed by atoms with Gasteiger partial charge in [0.05, 0.1) is 17.8 Å². The Kier molecular flexibility index (Phi) is 9.45. The zero-order valence-electron chi connectivity index (χ0n) is 24.3. The number of benzene rings is 4. The molecule has 4 aromatic rings. The Bertz CT molecular complexity index is 1790. The maximum absolute atomic E-state index is 13.4. The van der Waals surface area contributed by atoms with Crippen molar-refractivity contribution in [2.75, 3.05) is 23.9 Å². The minimum absolute atomic E-state index is 0.0765. The van der Waals surface area contributed by atoms with Crippen LogP contribution in [0.3, 0.4) is 0 Å². The van der Waals surface area contributed by atoms with E-state index in [-0.39, 0.29) is 34.4 Å². The summed E-state index contributed by atoms with van der Waals surface area (Å²) in [5, 5.41) is 5.04. The quantitative estimate of drug-likeness (QED) is 0.166. The number of aryl methyl sites for hydroxylation is 1. The van der Waals surface area contributed by atoms with Gasteiger partial charge in [0.15, 0.2) is 18.1 Å². The average Bonchev–Trinajstić information content (AvgIpc) is 3.03. The highest BCUT2D eigenvalue weighted by Gasteiger charge is 2.37. The lowest BCUT2D eigenvalue weighted by atomic mass is 10.1. The van der Waals surface area contributed by atoms with Crippen molar-refractivity contribution in [3.05, 3.63) is 118 Å². The summed E-state index contributed by atoms with van der Waals surface area (Å²) in [5.74, 6) is -1.29. The number of anilines is 2. The highest BCUT2D eigenvalue weighted by Crippen LogP contribution is 2.37. The minimum atomic E-state index is -0.886. The summed E-state index contributed by atoms with van der Waals surface area (Å²) in [5.41, 5.74) is 2.80. The number of amides is 5. The Morgan fingerprint density at radius 3 is 2.36 bits per heavy atom. The van der Waals surface area contributed by atoms with Crippen molar-refractivity contribution >= 4 is 52.8 Å². The predicted octanol–water partition coefficient (Wildman–Crippen LogP) is 5.92. The summed E-state index contributed by atoms with van der Waals surface area (Å²) in [6.45, 7) is 1.87. The van der Waals surface area contributed by atoms with Gasteiger partial charge in [-0.3, -0.25) is 19.7 Å². The number of carbonyl (C=O) groups is 4. The fourth-order valence-corrected chi connectivity index (χ4v) is 4.76. The van der Waals surface area contributed by atoms with Crippen molar-refractivity contribution in [1.82, 2.24) is 5.32 Å². The molecule has 45 heavy (non-hydrogen) atoms. The van der Waals surface area contributed by atoms with Gasteiger partial charge in [-0.25, -0.2) is 9.69 Å². The molecule has 0 unspecified atom stereocenters. The summed E-state index contributed by atoms with van der Waals surface area (Å²) in [4.78, 5) is 52.2. The van der Waals surface area contributed by atoms with Crippen molar-refractivity contribution in [2.24, 2.45) is 0 Å². The number of imide groups is 2. The van der Waals surface area contributed by atoms with Crippen molar-refractivity contribution in [2.45, 2.75) is 13.5 Å². The van der Waals surface area contributed by atoms with Crippen LogP contribution in [0.1, 0.15) is 16.7 Å². The van der Waals surface area contributed by atoms with E-state index in [4.69, 9.17) is 25.8 Å². The van der Waals surface area contributed by atoms with Crippen LogP contribution in [0.2, 0.25) is 5.02 Å². The number of barbiturate groups is 1. The first-order valence-corrected chi connectivity index (χ1v) is 14.2. The van der Waals surface area contributed by atoms with Crippen LogP contribution in [-0.4, -0.2) is 37.5 Å². The van der Waals surface area contributed by atoms with E-state index in [1.807, 2.05) is 55.5 Å². The first-order valence-electron chi connectivity index (χ1n) is 13.8. The van der Waals surface area contributed by atoms with Gasteiger partial charge in [0.2, 0.25) is 0 Å². The van der Waals surface area contributed by atoms with E-state index in [0.29, 0.717) is 23.6 Å². The topological polar surface area (TPSA) is 123 Å². The molecule has 0 radical (unpaired) electrons. The van der Waals surface area contributed by atoms with E-state index < -0.39 is 23.8 Å². The second kappa shape index (κ2) is 13.8. The molecule has 0 spiro atoms. The SMILES string of the molecule is COc1cc(/C=C2/C(=O)NC(=O)N(c3ccc(OCc4ccccc4)cc3)C2=O)cc(Cl)c1OCC(=O)Nc1ccccc1C. The van der Waals surface area contributed by atoms with Crippen LogP contribution in [-0.2, 0) is 21.0 Å². The van der Waals surface area contributed by atoms with E-state index in [2.05, 4.69) is 10.6 Å². The Hall–Kier alpha value is -5.61. The smallest absolute Gasteiger partial charge is 0.335 e. The molecule has 5 rings (SSSR count). The lowest BCUT2D eigenvalue weighted by molar-refractivity contribution is -0.122. The fraction of sp³-hybridized carbons (Fsp3) is 0.118. The van der Waals surface area contributed by atoms with Gasteiger partial charge in [0.1, 0.15) is 17.9 Å². The molecule has 0 atom stereocenters. The van der Waals surface area contributed by atoms with E-state index in [9.17, 15) is 19.2 Å². The van der Waals surface area contributed by atoms with Gasteiger partial charge in [-0.2, -0.15) is 0 Å². The van der Waals surface area contributed by atoms with Gasteiger partial charge in [-0.1, -0.05) is 60.1 Å². The molecular formula is C34H28ClN3O7. The zero-order valence-corrected chi connectivity index (χ0v) is 25.1. The van der Waals surface area contributed by atoms with E-state index in [1.165, 1.54) is 25.3 Å². The second-order valence-corrected chi connectivity index (χ2v) is 10.3. The van der Waals surface area contributed by atoms with Crippen LogP contribution in [0.25, 0.3) is 6.08 Å². The highest BCUT2D eigenvalue weighted by atomic mass is 35.5. The molecule has 0 aromatic heterocycles. The molecule has 1 saturated heterocycles. The Morgan fingerprint density at radius 2 is 1.64 bits per heavy atom. The molecule has 228 valence electrons. The molecule has 1 aliphatic heterocycles. The lowest BCUT2D eigenvalue weighted by Gasteiger charge is -2.26. The first-order chi connectivity index (χ1) is 21.7. The monoisotopic (exact) mass is 625 g/mol. The van der Waals surface area contributed by atoms with E-state index in [0.717, 1.165) is 16.0 Å². The molecule has 5 amide bonds. The van der Waals surface area contributed by atoms with Gasteiger partial charge in [-0.15, -0.1) is 0 Å². The molecule has 10 nitrogen and oxygen atoms in total. The third-order valence-corrected chi connectivity index (χ3v) is 7.06. The number of ether oxygens (including phenoxy) is 3. The van der Waals surface area contributed by atoms with Crippen LogP contribution >= 0.6 is 11.6 Å². The van der Waals surface area contributed by atoms with Gasteiger partial charge in [0, 0.05) is 5.69 Å². The van der Waals surface area contributed by atoms with Gasteiger partial charge >= 0.3 is 6.03 Å². The summed E-state index contributed by atoms with van der Waals surface area (Å²) < 4.78 is 16.9. The lowest BCUT2D eigenvalue weighted by Crippen LogP contribution is -2.54. The number of halogens is 1. The van der Waals surface area contributed by atoms with Crippen molar-refractivity contribution in [3.63, 3.8) is 0 Å². The van der Waals surface area contributed by atoms with Gasteiger partial charge in [0.25, 0.3) is 17.7 Å². The maximum Gasteiger partial charge on any atom is 0.335 e. The zero-order chi connectivity index (χ0) is 31.9. The Labute approximate surface area is 264 Å². The van der Waals surface area contributed by atoms with Crippen LogP contribution < -0.4 is 29.7 Å². The molecule has 0 bridgehead atoms. The number of hydrogen-bond donors (Lipinski definition) is 2. The fourth-order valence-electron chi connectivity index (χ4n) is 4.49.